The molecule has 0 unspecified atom stereocenters. The Labute approximate surface area is 96.5 Å². The van der Waals surface area contributed by atoms with Gasteiger partial charge in [-0.3, -0.25) is 4.79 Å². The lowest BCUT2D eigenvalue weighted by Crippen LogP contribution is -2.00. The van der Waals surface area contributed by atoms with Crippen LogP contribution in [-0.2, 0) is 0 Å². The predicted molar refractivity (Wildman–Crippen MR) is 61.7 cm³/mol. The van der Waals surface area contributed by atoms with E-state index in [-0.39, 0.29) is 5.78 Å². The van der Waals surface area contributed by atoms with Crippen molar-refractivity contribution >= 4 is 28.7 Å². The normalized spacial score (nSPS) is 10.3. The Morgan fingerprint density at radius 1 is 1.33 bits per heavy atom. The molecule has 15 heavy (non-hydrogen) atoms. The van der Waals surface area contributed by atoms with Crippen molar-refractivity contribution in [3.8, 4) is 0 Å². The number of aryl methyl sites for hydroxylation is 1. The summed E-state index contributed by atoms with van der Waals surface area (Å²) in [4.78, 5) is 16.7. The third-order valence-electron chi connectivity index (χ3n) is 2.06. The Morgan fingerprint density at radius 2 is 2.00 bits per heavy atom. The molecule has 0 bridgehead atoms. The van der Waals surface area contributed by atoms with Gasteiger partial charge in [0.2, 0.25) is 5.78 Å². The summed E-state index contributed by atoms with van der Waals surface area (Å²) in [5, 5.41) is 0.632. The van der Waals surface area contributed by atoms with Gasteiger partial charge in [0.05, 0.1) is 16.1 Å². The number of hydrogen-bond donors (Lipinski definition) is 0. The summed E-state index contributed by atoms with van der Waals surface area (Å²) >= 11 is 7.11. The van der Waals surface area contributed by atoms with Crippen molar-refractivity contribution in [2.45, 2.75) is 6.92 Å². The topological polar surface area (TPSA) is 30.0 Å². The van der Waals surface area contributed by atoms with E-state index in [0.717, 1.165) is 5.69 Å². The van der Waals surface area contributed by atoms with E-state index in [1.807, 2.05) is 6.92 Å². The maximum Gasteiger partial charge on any atom is 0.204 e. The number of halogens is 1. The predicted octanol–water partition coefficient (Wildman–Crippen LogP) is 3.34. The first-order valence-electron chi connectivity index (χ1n) is 4.39. The molecule has 0 amide bonds. The second kappa shape index (κ2) is 4.13. The summed E-state index contributed by atoms with van der Waals surface area (Å²) < 4.78 is 0. The zero-order valence-corrected chi connectivity index (χ0v) is 9.60. The third kappa shape index (κ3) is 2.08. The molecule has 0 atom stereocenters. The fourth-order valence-corrected chi connectivity index (χ4v) is 2.14. The van der Waals surface area contributed by atoms with Gasteiger partial charge in [0.25, 0.3) is 0 Å². The Morgan fingerprint density at radius 3 is 2.53 bits per heavy atom. The Hall–Kier alpha value is -1.19. The molecule has 1 aromatic heterocycles. The molecule has 0 radical (unpaired) electrons. The van der Waals surface area contributed by atoms with E-state index < -0.39 is 0 Å². The van der Waals surface area contributed by atoms with Crippen molar-refractivity contribution in [2.24, 2.45) is 0 Å². The molecule has 2 rings (SSSR count). The number of aromatic nitrogens is 1. The molecule has 0 aliphatic heterocycles. The molecule has 0 aliphatic carbocycles. The molecule has 2 aromatic rings. The quantitative estimate of drug-likeness (QED) is 0.750. The van der Waals surface area contributed by atoms with Gasteiger partial charge >= 0.3 is 0 Å². The summed E-state index contributed by atoms with van der Waals surface area (Å²) in [5.41, 5.74) is 3.10. The smallest absolute Gasteiger partial charge is 0.204 e. The zero-order valence-electron chi connectivity index (χ0n) is 8.03. The summed E-state index contributed by atoms with van der Waals surface area (Å²) in [6.07, 6.45) is 0. The highest BCUT2D eigenvalue weighted by Gasteiger charge is 2.13. The van der Waals surface area contributed by atoms with E-state index in [2.05, 4.69) is 4.98 Å². The second-order valence-electron chi connectivity index (χ2n) is 3.10. The number of hydrogen-bond acceptors (Lipinski definition) is 3. The number of carbonyl (C=O) groups excluding carboxylic acids is 1. The van der Waals surface area contributed by atoms with Crippen LogP contribution in [0.4, 0.5) is 0 Å². The molecule has 2 nitrogen and oxygen atoms in total. The minimum absolute atomic E-state index is 0.00617. The molecular formula is C11H8ClNOS. The molecular weight excluding hydrogens is 230 g/mol. The van der Waals surface area contributed by atoms with Crippen LogP contribution in [0.25, 0.3) is 0 Å². The molecule has 76 valence electrons. The average Bonchev–Trinajstić information content (AvgIpc) is 2.65. The molecule has 0 spiro atoms. The fraction of sp³-hybridized carbons (Fsp3) is 0.0909. The minimum Gasteiger partial charge on any atom is -0.288 e. The van der Waals surface area contributed by atoms with Gasteiger partial charge in [-0.15, -0.1) is 11.3 Å². The number of nitrogens with zero attached hydrogens (tertiary/aromatic N) is 1. The number of benzene rings is 1. The van der Waals surface area contributed by atoms with Crippen molar-refractivity contribution in [2.75, 3.05) is 0 Å². The fourth-order valence-electron chi connectivity index (χ4n) is 1.25. The number of rotatable bonds is 2. The van der Waals surface area contributed by atoms with Crippen molar-refractivity contribution in [1.29, 1.82) is 0 Å². The van der Waals surface area contributed by atoms with Gasteiger partial charge in [0.15, 0.2) is 0 Å². The maximum absolute atomic E-state index is 12.0. The van der Waals surface area contributed by atoms with Gasteiger partial charge < -0.3 is 0 Å². The molecule has 1 heterocycles. The van der Waals surface area contributed by atoms with Gasteiger partial charge in [-0.05, 0) is 31.2 Å². The zero-order chi connectivity index (χ0) is 10.8. The van der Waals surface area contributed by atoms with Crippen LogP contribution in [0, 0.1) is 6.92 Å². The van der Waals surface area contributed by atoms with Crippen LogP contribution in [0.1, 0.15) is 20.9 Å². The summed E-state index contributed by atoms with van der Waals surface area (Å²) in [7, 11) is 0. The SMILES string of the molecule is Cc1ncsc1C(=O)c1ccc(Cl)cc1. The van der Waals surface area contributed by atoms with E-state index in [1.54, 1.807) is 29.8 Å². The van der Waals surface area contributed by atoms with Crippen molar-refractivity contribution in [1.82, 2.24) is 4.98 Å². The number of carbonyl (C=O) groups is 1. The van der Waals surface area contributed by atoms with Crippen molar-refractivity contribution < 1.29 is 4.79 Å². The number of ketones is 1. The first-order chi connectivity index (χ1) is 7.18. The summed E-state index contributed by atoms with van der Waals surface area (Å²) in [5.74, 6) is 0.00617. The molecule has 0 N–H and O–H groups in total. The van der Waals surface area contributed by atoms with Gasteiger partial charge in [0, 0.05) is 10.6 Å². The van der Waals surface area contributed by atoms with E-state index in [0.29, 0.717) is 15.5 Å². The molecule has 0 fully saturated rings. The lowest BCUT2D eigenvalue weighted by Gasteiger charge is -1.98. The summed E-state index contributed by atoms with van der Waals surface area (Å²) in [6, 6.07) is 6.88. The lowest BCUT2D eigenvalue weighted by atomic mass is 10.1. The highest BCUT2D eigenvalue weighted by Crippen LogP contribution is 2.18. The number of thiazole rings is 1. The van der Waals surface area contributed by atoms with Crippen LogP contribution in [0.15, 0.2) is 29.8 Å². The monoisotopic (exact) mass is 237 g/mol. The van der Waals surface area contributed by atoms with Crippen LogP contribution in [-0.4, -0.2) is 10.8 Å². The van der Waals surface area contributed by atoms with E-state index in [4.69, 9.17) is 11.6 Å². The summed E-state index contributed by atoms with van der Waals surface area (Å²) in [6.45, 7) is 1.83. The lowest BCUT2D eigenvalue weighted by molar-refractivity contribution is 0.104. The third-order valence-corrected chi connectivity index (χ3v) is 3.24. The van der Waals surface area contributed by atoms with Crippen LogP contribution >= 0.6 is 22.9 Å². The highest BCUT2D eigenvalue weighted by molar-refractivity contribution is 7.12. The van der Waals surface area contributed by atoms with Crippen LogP contribution < -0.4 is 0 Å². The van der Waals surface area contributed by atoms with Crippen LogP contribution in [0.3, 0.4) is 0 Å². The van der Waals surface area contributed by atoms with Crippen molar-refractivity contribution in [3.63, 3.8) is 0 Å². The van der Waals surface area contributed by atoms with Gasteiger partial charge in [-0.2, -0.15) is 0 Å². The van der Waals surface area contributed by atoms with Gasteiger partial charge in [0.1, 0.15) is 0 Å². The maximum atomic E-state index is 12.0. The molecule has 1 aromatic carbocycles. The largest absolute Gasteiger partial charge is 0.288 e. The van der Waals surface area contributed by atoms with E-state index in [9.17, 15) is 4.79 Å². The van der Waals surface area contributed by atoms with Gasteiger partial charge in [-0.1, -0.05) is 11.6 Å². The highest BCUT2D eigenvalue weighted by atomic mass is 35.5. The van der Waals surface area contributed by atoms with Crippen LogP contribution in [0.2, 0.25) is 5.02 Å². The standard InChI is InChI=1S/C11H8ClNOS/c1-7-11(15-6-13-7)10(14)8-2-4-9(12)5-3-8/h2-6H,1H3. The van der Waals surface area contributed by atoms with Crippen molar-refractivity contribution in [3.05, 3.63) is 50.9 Å². The Bertz CT molecular complexity index is 490. The van der Waals surface area contributed by atoms with E-state index in [1.165, 1.54) is 11.3 Å². The Balaban J connectivity index is 2.37. The first kappa shape index (κ1) is 10.3. The molecule has 0 aliphatic rings. The first-order valence-corrected chi connectivity index (χ1v) is 5.64. The Kier molecular flexibility index (Phi) is 2.84. The van der Waals surface area contributed by atoms with E-state index >= 15 is 0 Å². The average molecular weight is 238 g/mol. The van der Waals surface area contributed by atoms with Gasteiger partial charge in [-0.25, -0.2) is 4.98 Å². The molecule has 0 saturated carbocycles. The second-order valence-corrected chi connectivity index (χ2v) is 4.39. The van der Waals surface area contributed by atoms with Crippen LogP contribution in [0.5, 0.6) is 0 Å². The molecule has 4 heteroatoms. The molecule has 0 saturated heterocycles. The minimum atomic E-state index is 0.00617.